The lowest BCUT2D eigenvalue weighted by atomic mass is 9.95. The van der Waals surface area contributed by atoms with E-state index in [1.807, 2.05) is 12.1 Å². The van der Waals surface area contributed by atoms with Gasteiger partial charge in [-0.15, -0.1) is 0 Å². The molecule has 0 atom stereocenters. The van der Waals surface area contributed by atoms with Crippen molar-refractivity contribution in [2.24, 2.45) is 0 Å². The molecule has 8 rings (SSSR count). The molecule has 2 aromatic carbocycles. The Bertz CT molecular complexity index is 2250. The van der Waals surface area contributed by atoms with E-state index in [2.05, 4.69) is 12.1 Å². The molecule has 0 radical (unpaired) electrons. The first-order valence-corrected chi connectivity index (χ1v) is 12.1. The van der Waals surface area contributed by atoms with E-state index in [1.54, 1.807) is 42.5 Å². The van der Waals surface area contributed by atoms with Crippen LogP contribution in [0.3, 0.4) is 0 Å². The molecule has 0 saturated heterocycles. The van der Waals surface area contributed by atoms with E-state index >= 15 is 0 Å². The lowest BCUT2D eigenvalue weighted by Crippen LogP contribution is -2.04. The van der Waals surface area contributed by atoms with E-state index in [0.717, 1.165) is 29.4 Å². The van der Waals surface area contributed by atoms with Gasteiger partial charge in [0.2, 0.25) is 11.2 Å². The third kappa shape index (κ3) is 2.97. The zero-order chi connectivity index (χ0) is 25.5. The zero-order valence-electron chi connectivity index (χ0n) is 19.7. The van der Waals surface area contributed by atoms with Crippen LogP contribution in [0.4, 0.5) is 5.69 Å². The van der Waals surface area contributed by atoms with Gasteiger partial charge in [-0.25, -0.2) is 9.59 Å². The maximum absolute atomic E-state index is 13.0. The Morgan fingerprint density at radius 3 is 2.08 bits per heavy atom. The van der Waals surface area contributed by atoms with Gasteiger partial charge in [-0.2, -0.15) is 0 Å². The van der Waals surface area contributed by atoms with Crippen LogP contribution >= 0.6 is 0 Å². The molecule has 0 fully saturated rings. The highest BCUT2D eigenvalue weighted by atomic mass is 16.4. The molecule has 7 aromatic rings. The Hall–Kier alpha value is -5.24. The van der Waals surface area contributed by atoms with Crippen molar-refractivity contribution >= 4 is 56.0 Å². The number of furan rings is 3. The zero-order valence-corrected chi connectivity index (χ0v) is 19.7. The SMILES string of the molecule is Nc1ccc2cc(-c3cc4oc5cc(-c6cc7ccc8c(c7oc6=O)C=CCC8)oc5c4o3)c(=O)oc2c1. The van der Waals surface area contributed by atoms with E-state index in [9.17, 15) is 9.59 Å². The number of nitrogens with two attached hydrogens (primary N) is 1. The van der Waals surface area contributed by atoms with Crippen LogP contribution in [0.15, 0.2) is 92.3 Å². The molecule has 8 heteroatoms. The van der Waals surface area contributed by atoms with Gasteiger partial charge in [0.05, 0.1) is 0 Å². The van der Waals surface area contributed by atoms with Gasteiger partial charge in [-0.1, -0.05) is 24.3 Å². The van der Waals surface area contributed by atoms with E-state index in [1.165, 1.54) is 0 Å². The minimum atomic E-state index is -0.568. The molecule has 0 saturated carbocycles. The Morgan fingerprint density at radius 1 is 0.632 bits per heavy atom. The fourth-order valence-electron chi connectivity index (χ4n) is 5.16. The summed E-state index contributed by atoms with van der Waals surface area (Å²) in [6.07, 6.45) is 5.96. The fourth-order valence-corrected chi connectivity index (χ4v) is 5.16. The fraction of sp³-hybridized carbons (Fsp3) is 0.0667. The Balaban J connectivity index is 1.25. The summed E-state index contributed by atoms with van der Waals surface area (Å²) in [6, 6.07) is 15.8. The Morgan fingerprint density at radius 2 is 1.32 bits per heavy atom. The van der Waals surface area contributed by atoms with E-state index in [4.69, 9.17) is 27.8 Å². The number of aryl methyl sites for hydroxylation is 1. The molecule has 5 aromatic heterocycles. The molecule has 0 bridgehead atoms. The number of nitrogen functional groups attached to an aromatic ring is 1. The maximum atomic E-state index is 13.0. The third-order valence-corrected chi connectivity index (χ3v) is 7.01. The van der Waals surface area contributed by atoms with Crippen molar-refractivity contribution in [1.82, 2.24) is 0 Å². The van der Waals surface area contributed by atoms with E-state index in [-0.39, 0.29) is 16.9 Å². The first-order valence-electron chi connectivity index (χ1n) is 12.1. The predicted molar refractivity (Wildman–Crippen MR) is 143 cm³/mol. The smallest absolute Gasteiger partial charge is 0.347 e. The largest absolute Gasteiger partial charge is 0.449 e. The summed E-state index contributed by atoms with van der Waals surface area (Å²) in [5.41, 5.74) is 10.2. The van der Waals surface area contributed by atoms with E-state index in [0.29, 0.717) is 50.3 Å². The number of hydrogen-bond acceptors (Lipinski definition) is 8. The van der Waals surface area contributed by atoms with Gasteiger partial charge < -0.3 is 27.8 Å². The second-order valence-electron chi connectivity index (χ2n) is 9.40. The van der Waals surface area contributed by atoms with Gasteiger partial charge in [0, 0.05) is 40.2 Å². The average molecular weight is 503 g/mol. The highest BCUT2D eigenvalue weighted by Crippen LogP contribution is 2.39. The molecule has 8 nitrogen and oxygen atoms in total. The summed E-state index contributed by atoms with van der Waals surface area (Å²) in [7, 11) is 0. The van der Waals surface area contributed by atoms with Crippen LogP contribution < -0.4 is 17.0 Å². The second kappa shape index (κ2) is 7.39. The highest BCUT2D eigenvalue weighted by Gasteiger charge is 2.23. The van der Waals surface area contributed by atoms with Gasteiger partial charge in [0.25, 0.3) is 0 Å². The van der Waals surface area contributed by atoms with Gasteiger partial charge in [0.15, 0.2) is 11.2 Å². The van der Waals surface area contributed by atoms with Crippen molar-refractivity contribution in [1.29, 1.82) is 0 Å². The van der Waals surface area contributed by atoms with Crippen molar-refractivity contribution < 1.29 is 22.1 Å². The first kappa shape index (κ1) is 20.9. The molecule has 0 aliphatic heterocycles. The van der Waals surface area contributed by atoms with Crippen molar-refractivity contribution in [2.75, 3.05) is 5.73 Å². The van der Waals surface area contributed by atoms with Gasteiger partial charge in [-0.05, 0) is 42.7 Å². The average Bonchev–Trinajstić information content (AvgIpc) is 3.59. The third-order valence-electron chi connectivity index (χ3n) is 7.01. The van der Waals surface area contributed by atoms with Crippen LogP contribution in [-0.2, 0) is 6.42 Å². The first-order chi connectivity index (χ1) is 18.5. The quantitative estimate of drug-likeness (QED) is 0.200. The second-order valence-corrected chi connectivity index (χ2v) is 9.40. The molecular formula is C30H17NO7. The summed E-state index contributed by atoms with van der Waals surface area (Å²) in [5, 5.41) is 1.50. The minimum absolute atomic E-state index is 0.237. The lowest BCUT2D eigenvalue weighted by molar-refractivity contribution is 0.550. The van der Waals surface area contributed by atoms with Crippen LogP contribution in [0.25, 0.3) is 73.0 Å². The summed E-state index contributed by atoms with van der Waals surface area (Å²) < 4.78 is 29.1. The minimum Gasteiger partial charge on any atom is -0.449 e. The monoisotopic (exact) mass is 503 g/mol. The van der Waals surface area contributed by atoms with Crippen LogP contribution in [0.5, 0.6) is 0 Å². The molecule has 0 unspecified atom stereocenters. The topological polar surface area (TPSA) is 126 Å². The molecule has 1 aliphatic rings. The number of benzene rings is 2. The number of rotatable bonds is 2. The van der Waals surface area contributed by atoms with Gasteiger partial charge in [0.1, 0.15) is 33.8 Å². The molecular weight excluding hydrogens is 486 g/mol. The van der Waals surface area contributed by atoms with Crippen molar-refractivity contribution in [2.45, 2.75) is 12.8 Å². The van der Waals surface area contributed by atoms with Gasteiger partial charge >= 0.3 is 11.3 Å². The normalized spacial score (nSPS) is 13.3. The summed E-state index contributed by atoms with van der Waals surface area (Å²) in [6.45, 7) is 0. The summed E-state index contributed by atoms with van der Waals surface area (Å²) in [5.74, 6) is 0.569. The number of fused-ring (bicyclic) bond motifs is 7. The molecule has 2 N–H and O–H groups in total. The molecule has 5 heterocycles. The molecule has 184 valence electrons. The van der Waals surface area contributed by atoms with Crippen molar-refractivity contribution in [3.63, 3.8) is 0 Å². The standard InChI is InChI=1S/C30H17NO7/c31-17-8-7-15-9-19(29(32)37-21(15)11-17)22-12-24-27(35-22)28-25(34-24)13-23(36-28)20-10-16-6-5-14-3-1-2-4-18(14)26(16)38-30(20)33/h2,4-13H,1,3,31H2. The van der Waals surface area contributed by atoms with Crippen LogP contribution in [0.2, 0.25) is 0 Å². The van der Waals surface area contributed by atoms with Crippen LogP contribution in [0, 0.1) is 0 Å². The Labute approximate surface area is 212 Å². The van der Waals surface area contributed by atoms with Gasteiger partial charge in [-0.3, -0.25) is 0 Å². The lowest BCUT2D eigenvalue weighted by Gasteiger charge is -2.12. The maximum Gasteiger partial charge on any atom is 0.347 e. The molecule has 1 aliphatic carbocycles. The number of allylic oxidation sites excluding steroid dienone is 1. The number of hydrogen-bond donors (Lipinski definition) is 1. The van der Waals surface area contributed by atoms with Crippen LogP contribution in [0.1, 0.15) is 17.5 Å². The summed E-state index contributed by atoms with van der Waals surface area (Å²) >= 11 is 0. The van der Waals surface area contributed by atoms with Crippen molar-refractivity contribution in [3.8, 4) is 22.6 Å². The summed E-state index contributed by atoms with van der Waals surface area (Å²) in [4.78, 5) is 25.6. The molecule has 38 heavy (non-hydrogen) atoms. The van der Waals surface area contributed by atoms with Crippen molar-refractivity contribution in [3.05, 3.63) is 92.6 Å². The molecule has 0 amide bonds. The Kier molecular flexibility index (Phi) is 4.07. The highest BCUT2D eigenvalue weighted by molar-refractivity contribution is 6.01. The number of anilines is 1. The van der Waals surface area contributed by atoms with E-state index < -0.39 is 11.3 Å². The van der Waals surface area contributed by atoms with Crippen LogP contribution in [-0.4, -0.2) is 0 Å². The predicted octanol–water partition coefficient (Wildman–Crippen LogP) is 6.86. The molecule has 0 spiro atoms.